The number of anilines is 1. The molecule has 1 atom stereocenters. The van der Waals surface area contributed by atoms with Gasteiger partial charge in [-0.3, -0.25) is 13.9 Å². The van der Waals surface area contributed by atoms with E-state index in [0.29, 0.717) is 35.7 Å². The minimum absolute atomic E-state index is 0.00107. The van der Waals surface area contributed by atoms with Gasteiger partial charge in [0.05, 0.1) is 10.6 Å². The van der Waals surface area contributed by atoms with Crippen LogP contribution < -0.4 is 9.62 Å². The van der Waals surface area contributed by atoms with E-state index < -0.39 is 34.3 Å². The van der Waals surface area contributed by atoms with E-state index in [0.717, 1.165) is 15.4 Å². The topological polar surface area (TPSA) is 86.8 Å². The smallest absolute Gasteiger partial charge is 0.264 e. The lowest BCUT2D eigenvalue weighted by Crippen LogP contribution is -2.52. The molecule has 0 spiro atoms. The van der Waals surface area contributed by atoms with Crippen molar-refractivity contribution in [3.05, 3.63) is 94.3 Å². The van der Waals surface area contributed by atoms with Gasteiger partial charge in [-0.2, -0.15) is 0 Å². The van der Waals surface area contributed by atoms with E-state index in [4.69, 9.17) is 11.6 Å². The average Bonchev–Trinajstić information content (AvgIpc) is 2.93. The fraction of sp³-hybridized carbons (Fsp3) is 0.333. The maximum atomic E-state index is 14.0. The van der Waals surface area contributed by atoms with Gasteiger partial charge >= 0.3 is 0 Å². The minimum Gasteiger partial charge on any atom is -0.354 e. The van der Waals surface area contributed by atoms with Crippen molar-refractivity contribution in [2.75, 3.05) is 17.4 Å². The van der Waals surface area contributed by atoms with Crippen LogP contribution in [0.4, 0.5) is 10.1 Å². The zero-order valence-corrected chi connectivity index (χ0v) is 24.7. The molecule has 40 heavy (non-hydrogen) atoms. The molecule has 0 aliphatic rings. The lowest BCUT2D eigenvalue weighted by molar-refractivity contribution is -0.140. The highest BCUT2D eigenvalue weighted by Crippen LogP contribution is 2.27. The Labute approximate surface area is 241 Å². The Hall–Kier alpha value is -3.43. The second kappa shape index (κ2) is 13.8. The molecule has 0 saturated carbocycles. The molecular weight excluding hydrogens is 553 g/mol. The molecule has 0 heterocycles. The van der Waals surface area contributed by atoms with Gasteiger partial charge in [-0.05, 0) is 91.9 Å². The van der Waals surface area contributed by atoms with Crippen molar-refractivity contribution < 1.29 is 22.4 Å². The van der Waals surface area contributed by atoms with Gasteiger partial charge in [0.2, 0.25) is 11.8 Å². The van der Waals surface area contributed by atoms with Gasteiger partial charge in [0.25, 0.3) is 10.0 Å². The molecule has 7 nitrogen and oxygen atoms in total. The van der Waals surface area contributed by atoms with Crippen molar-refractivity contribution >= 4 is 39.1 Å². The van der Waals surface area contributed by atoms with Crippen LogP contribution in [0.5, 0.6) is 0 Å². The molecule has 0 fully saturated rings. The molecule has 1 N–H and O–H groups in total. The van der Waals surface area contributed by atoms with Crippen LogP contribution in [-0.4, -0.2) is 44.3 Å². The number of carbonyl (C=O) groups is 2. The van der Waals surface area contributed by atoms with E-state index in [1.807, 2.05) is 20.8 Å². The second-order valence-electron chi connectivity index (χ2n) is 9.60. The van der Waals surface area contributed by atoms with Crippen molar-refractivity contribution in [3.8, 4) is 0 Å². The van der Waals surface area contributed by atoms with Crippen LogP contribution in [0.3, 0.4) is 0 Å². The molecular formula is C30H35ClFN3O4S. The van der Waals surface area contributed by atoms with Gasteiger partial charge in [-0.15, -0.1) is 0 Å². The molecule has 3 rings (SSSR count). The Morgan fingerprint density at radius 2 is 1.60 bits per heavy atom. The van der Waals surface area contributed by atoms with Gasteiger partial charge in [0.1, 0.15) is 18.4 Å². The molecule has 0 unspecified atom stereocenters. The monoisotopic (exact) mass is 587 g/mol. The van der Waals surface area contributed by atoms with Gasteiger partial charge < -0.3 is 10.2 Å². The van der Waals surface area contributed by atoms with Crippen molar-refractivity contribution in [2.24, 2.45) is 0 Å². The first kappa shape index (κ1) is 31.1. The quantitative estimate of drug-likeness (QED) is 0.298. The van der Waals surface area contributed by atoms with Crippen molar-refractivity contribution in [2.45, 2.75) is 58.0 Å². The highest BCUT2D eigenvalue weighted by molar-refractivity contribution is 7.92. The van der Waals surface area contributed by atoms with E-state index in [1.165, 1.54) is 53.4 Å². The molecule has 10 heteroatoms. The van der Waals surface area contributed by atoms with Crippen LogP contribution in [0, 0.1) is 19.7 Å². The van der Waals surface area contributed by atoms with Crippen LogP contribution >= 0.6 is 11.6 Å². The highest BCUT2D eigenvalue weighted by Gasteiger charge is 2.33. The third-order valence-corrected chi connectivity index (χ3v) is 8.70. The van der Waals surface area contributed by atoms with E-state index in [1.54, 1.807) is 25.1 Å². The van der Waals surface area contributed by atoms with Crippen LogP contribution in [0.15, 0.2) is 71.6 Å². The maximum absolute atomic E-state index is 14.0. The maximum Gasteiger partial charge on any atom is 0.264 e. The van der Waals surface area contributed by atoms with Crippen LogP contribution in [-0.2, 0) is 26.2 Å². The van der Waals surface area contributed by atoms with Crippen molar-refractivity contribution in [1.82, 2.24) is 10.2 Å². The predicted molar refractivity (Wildman–Crippen MR) is 156 cm³/mol. The molecule has 0 saturated heterocycles. The van der Waals surface area contributed by atoms with Crippen molar-refractivity contribution in [3.63, 3.8) is 0 Å². The number of aryl methyl sites for hydroxylation is 2. The summed E-state index contributed by atoms with van der Waals surface area (Å²) in [4.78, 5) is 28.4. The molecule has 2 amide bonds. The predicted octanol–water partition coefficient (Wildman–Crippen LogP) is 5.62. The summed E-state index contributed by atoms with van der Waals surface area (Å²) in [5.41, 5.74) is 2.75. The highest BCUT2D eigenvalue weighted by atomic mass is 35.5. The Balaban J connectivity index is 2.07. The molecule has 0 aliphatic heterocycles. The zero-order chi connectivity index (χ0) is 29.4. The van der Waals surface area contributed by atoms with E-state index >= 15 is 0 Å². The number of sulfonamides is 1. The van der Waals surface area contributed by atoms with Gasteiger partial charge in [0.15, 0.2) is 0 Å². The third kappa shape index (κ3) is 7.61. The molecule has 0 radical (unpaired) electrons. The lowest BCUT2D eigenvalue weighted by Gasteiger charge is -2.33. The van der Waals surface area contributed by atoms with Gasteiger partial charge in [-0.1, -0.05) is 43.6 Å². The van der Waals surface area contributed by atoms with E-state index in [2.05, 4.69) is 5.32 Å². The van der Waals surface area contributed by atoms with Crippen LogP contribution in [0.2, 0.25) is 5.02 Å². The SMILES string of the molecule is CCCNC(=O)[C@@H](CC)N(Cc1ccc(F)cc1)C(=O)CN(c1ccc(C)c(C)c1)S(=O)(=O)c1ccc(Cl)cc1. The fourth-order valence-corrected chi connectivity index (χ4v) is 5.75. The number of hydrogen-bond acceptors (Lipinski definition) is 4. The molecule has 0 aromatic heterocycles. The van der Waals surface area contributed by atoms with Gasteiger partial charge in [-0.25, -0.2) is 12.8 Å². The fourth-order valence-electron chi connectivity index (χ4n) is 4.22. The number of benzene rings is 3. The van der Waals surface area contributed by atoms with E-state index in [9.17, 15) is 22.4 Å². The number of carbonyl (C=O) groups excluding carboxylic acids is 2. The van der Waals surface area contributed by atoms with Crippen molar-refractivity contribution in [1.29, 1.82) is 0 Å². The Morgan fingerprint density at radius 3 is 2.17 bits per heavy atom. The second-order valence-corrected chi connectivity index (χ2v) is 11.9. The Morgan fingerprint density at radius 1 is 0.950 bits per heavy atom. The summed E-state index contributed by atoms with van der Waals surface area (Å²) in [6.45, 7) is 7.37. The molecule has 0 bridgehead atoms. The summed E-state index contributed by atoms with van der Waals surface area (Å²) in [6.07, 6.45) is 1.02. The summed E-state index contributed by atoms with van der Waals surface area (Å²) in [5.74, 6) is -1.33. The summed E-state index contributed by atoms with van der Waals surface area (Å²) in [6, 6.07) is 15.7. The molecule has 3 aromatic carbocycles. The first-order chi connectivity index (χ1) is 19.0. The lowest BCUT2D eigenvalue weighted by atomic mass is 10.1. The number of rotatable bonds is 12. The van der Waals surface area contributed by atoms with Crippen LogP contribution in [0.1, 0.15) is 43.4 Å². The summed E-state index contributed by atoms with van der Waals surface area (Å²) >= 11 is 6.00. The first-order valence-corrected chi connectivity index (χ1v) is 15.0. The number of nitrogens with one attached hydrogen (secondary N) is 1. The standard InChI is InChI=1S/C30H35ClFN3O4S/c1-5-17-33-30(37)28(6-2)34(19-23-8-12-25(32)13-9-23)29(36)20-35(26-14-7-21(3)22(4)18-26)40(38,39)27-15-10-24(31)11-16-27/h7-16,18,28H,5-6,17,19-20H2,1-4H3,(H,33,37)/t28-/m1/s1. The molecule has 0 aliphatic carbocycles. The third-order valence-electron chi connectivity index (χ3n) is 6.66. The number of nitrogens with zero attached hydrogens (tertiary/aromatic N) is 2. The summed E-state index contributed by atoms with van der Waals surface area (Å²) < 4.78 is 42.4. The van der Waals surface area contributed by atoms with Gasteiger partial charge in [0, 0.05) is 18.1 Å². The Kier molecular flexibility index (Phi) is 10.7. The number of hydrogen-bond donors (Lipinski definition) is 1. The van der Waals surface area contributed by atoms with Crippen LogP contribution in [0.25, 0.3) is 0 Å². The molecule has 214 valence electrons. The average molecular weight is 588 g/mol. The van der Waals surface area contributed by atoms with E-state index in [-0.39, 0.29) is 17.3 Å². The largest absolute Gasteiger partial charge is 0.354 e. The molecule has 3 aromatic rings. The normalized spacial score (nSPS) is 12.1. The number of halogens is 2. The minimum atomic E-state index is -4.20. The Bertz CT molecular complexity index is 1430. The first-order valence-electron chi connectivity index (χ1n) is 13.1. The number of amides is 2. The summed E-state index contributed by atoms with van der Waals surface area (Å²) in [5, 5.41) is 3.21. The summed E-state index contributed by atoms with van der Waals surface area (Å²) in [7, 11) is -4.20. The zero-order valence-electron chi connectivity index (χ0n) is 23.2.